The van der Waals surface area contributed by atoms with Gasteiger partial charge < -0.3 is 9.84 Å². The first-order valence-corrected chi connectivity index (χ1v) is 5.60. The van der Waals surface area contributed by atoms with Crippen LogP contribution in [0.2, 0.25) is 0 Å². The van der Waals surface area contributed by atoms with Gasteiger partial charge in [-0.25, -0.2) is 0 Å². The number of nitrogens with one attached hydrogen (secondary N) is 1. The molecule has 2 N–H and O–H groups in total. The van der Waals surface area contributed by atoms with Gasteiger partial charge in [0.25, 0.3) is 0 Å². The largest absolute Gasteiger partial charge is 0.496 e. The summed E-state index contributed by atoms with van der Waals surface area (Å²) in [6, 6.07) is 7.56. The molecule has 0 saturated heterocycles. The molecule has 5 heteroatoms. The first-order chi connectivity index (χ1) is 8.72. The Bertz CT molecular complexity index is 549. The smallest absolute Gasteiger partial charge is 0.303 e. The van der Waals surface area contributed by atoms with Gasteiger partial charge in [-0.2, -0.15) is 5.10 Å². The number of benzene rings is 1. The Morgan fingerprint density at radius 2 is 2.22 bits per heavy atom. The maximum atomic E-state index is 10.6. The molecule has 0 saturated carbocycles. The van der Waals surface area contributed by atoms with Crippen molar-refractivity contribution < 1.29 is 14.6 Å². The predicted molar refractivity (Wildman–Crippen MR) is 66.5 cm³/mol. The van der Waals surface area contributed by atoms with Crippen LogP contribution in [0.5, 0.6) is 5.75 Å². The number of rotatable bonds is 5. The van der Waals surface area contributed by atoms with Crippen molar-refractivity contribution in [3.05, 3.63) is 36.0 Å². The monoisotopic (exact) mass is 246 g/mol. The van der Waals surface area contributed by atoms with Crippen molar-refractivity contribution in [2.75, 3.05) is 7.11 Å². The number of carboxylic acids is 1. The number of aryl methyl sites for hydroxylation is 1. The lowest BCUT2D eigenvalue weighted by Crippen LogP contribution is -1.98. The summed E-state index contributed by atoms with van der Waals surface area (Å²) >= 11 is 0. The van der Waals surface area contributed by atoms with Gasteiger partial charge in [-0.3, -0.25) is 9.89 Å². The molecule has 1 aromatic carbocycles. The van der Waals surface area contributed by atoms with E-state index in [4.69, 9.17) is 9.84 Å². The van der Waals surface area contributed by atoms with Gasteiger partial charge in [-0.1, -0.05) is 12.1 Å². The highest BCUT2D eigenvalue weighted by molar-refractivity contribution is 5.71. The van der Waals surface area contributed by atoms with Gasteiger partial charge >= 0.3 is 5.97 Å². The minimum atomic E-state index is -0.817. The van der Waals surface area contributed by atoms with Crippen molar-refractivity contribution in [3.63, 3.8) is 0 Å². The molecule has 0 aliphatic rings. The average Bonchev–Trinajstić information content (AvgIpc) is 2.84. The van der Waals surface area contributed by atoms with Gasteiger partial charge in [0, 0.05) is 12.0 Å². The summed E-state index contributed by atoms with van der Waals surface area (Å²) in [6.45, 7) is 0. The summed E-state index contributed by atoms with van der Waals surface area (Å²) < 4.78 is 5.29. The van der Waals surface area contributed by atoms with Crippen molar-refractivity contribution in [1.29, 1.82) is 0 Å². The summed E-state index contributed by atoms with van der Waals surface area (Å²) in [5, 5.41) is 15.6. The van der Waals surface area contributed by atoms with E-state index >= 15 is 0 Å². The van der Waals surface area contributed by atoms with Gasteiger partial charge in [-0.15, -0.1) is 0 Å². The lowest BCUT2D eigenvalue weighted by Gasteiger charge is -2.08. The fourth-order valence-corrected chi connectivity index (χ4v) is 1.83. The van der Waals surface area contributed by atoms with Gasteiger partial charge in [0.15, 0.2) is 0 Å². The summed E-state index contributed by atoms with van der Waals surface area (Å²) in [6.07, 6.45) is 2.19. The third-order valence-electron chi connectivity index (χ3n) is 2.70. The van der Waals surface area contributed by atoms with Crippen LogP contribution in [-0.2, 0) is 11.2 Å². The zero-order valence-corrected chi connectivity index (χ0v) is 10.0. The van der Waals surface area contributed by atoms with Crippen molar-refractivity contribution in [3.8, 4) is 17.0 Å². The van der Waals surface area contributed by atoms with Gasteiger partial charge in [0.2, 0.25) is 0 Å². The van der Waals surface area contributed by atoms with Crippen molar-refractivity contribution in [2.45, 2.75) is 12.8 Å². The normalized spacial score (nSPS) is 10.3. The summed E-state index contributed by atoms with van der Waals surface area (Å²) in [4.78, 5) is 10.6. The standard InChI is InChI=1S/C13H14N2O3/c1-18-11-5-3-2-4-10(11)13-9(8-14-15-13)6-7-12(16)17/h2-5,8H,6-7H2,1H3,(H,14,15)(H,16,17). The molecule has 18 heavy (non-hydrogen) atoms. The van der Waals surface area contributed by atoms with Gasteiger partial charge in [-0.05, 0) is 24.1 Å². The number of para-hydroxylation sites is 1. The Kier molecular flexibility index (Phi) is 3.62. The first kappa shape index (κ1) is 12.2. The molecule has 0 spiro atoms. The molecule has 0 radical (unpaired) electrons. The molecule has 2 aromatic rings. The number of carbonyl (C=O) groups is 1. The Hall–Kier alpha value is -2.30. The summed E-state index contributed by atoms with van der Waals surface area (Å²) in [5.41, 5.74) is 2.58. The van der Waals surface area contributed by atoms with Crippen LogP contribution in [0, 0.1) is 0 Å². The third-order valence-corrected chi connectivity index (χ3v) is 2.70. The van der Waals surface area contributed by atoms with Crippen molar-refractivity contribution in [2.24, 2.45) is 0 Å². The molecule has 1 heterocycles. The highest BCUT2D eigenvalue weighted by Gasteiger charge is 2.12. The third kappa shape index (κ3) is 2.51. The van der Waals surface area contributed by atoms with Crippen LogP contribution >= 0.6 is 0 Å². The highest BCUT2D eigenvalue weighted by atomic mass is 16.5. The number of carboxylic acid groups (broad SMARTS) is 1. The number of nitrogens with zero attached hydrogens (tertiary/aromatic N) is 1. The maximum Gasteiger partial charge on any atom is 0.303 e. The molecule has 0 aliphatic carbocycles. The lowest BCUT2D eigenvalue weighted by molar-refractivity contribution is -0.136. The average molecular weight is 246 g/mol. The quantitative estimate of drug-likeness (QED) is 0.847. The molecule has 0 fully saturated rings. The van der Waals surface area contributed by atoms with Crippen LogP contribution in [-0.4, -0.2) is 28.4 Å². The zero-order valence-electron chi connectivity index (χ0n) is 10.0. The number of hydrogen-bond donors (Lipinski definition) is 2. The second-order valence-electron chi connectivity index (χ2n) is 3.86. The Labute approximate surface area is 104 Å². The second-order valence-corrected chi connectivity index (χ2v) is 3.86. The molecule has 0 amide bonds. The van der Waals surface area contributed by atoms with E-state index in [0.717, 1.165) is 22.6 Å². The van der Waals surface area contributed by atoms with E-state index < -0.39 is 5.97 Å². The van der Waals surface area contributed by atoms with Crippen LogP contribution in [0.15, 0.2) is 30.5 Å². The molecule has 1 aromatic heterocycles. The molecule has 0 unspecified atom stereocenters. The van der Waals surface area contributed by atoms with Crippen molar-refractivity contribution >= 4 is 5.97 Å². The Balaban J connectivity index is 2.33. The van der Waals surface area contributed by atoms with E-state index in [9.17, 15) is 4.79 Å². The zero-order chi connectivity index (χ0) is 13.0. The fourth-order valence-electron chi connectivity index (χ4n) is 1.83. The molecule has 5 nitrogen and oxygen atoms in total. The predicted octanol–water partition coefficient (Wildman–Crippen LogP) is 2.10. The SMILES string of the molecule is COc1ccccc1-c1[nH]ncc1CCC(=O)O. The molecule has 0 aliphatic heterocycles. The van der Waals surface area contributed by atoms with Crippen LogP contribution in [0.25, 0.3) is 11.3 Å². The lowest BCUT2D eigenvalue weighted by atomic mass is 10.0. The summed E-state index contributed by atoms with van der Waals surface area (Å²) in [7, 11) is 1.60. The maximum absolute atomic E-state index is 10.6. The molecule has 0 bridgehead atoms. The van der Waals surface area contributed by atoms with Crippen LogP contribution in [0.1, 0.15) is 12.0 Å². The fraction of sp³-hybridized carbons (Fsp3) is 0.231. The number of aromatic nitrogens is 2. The minimum absolute atomic E-state index is 0.0850. The van der Waals surface area contributed by atoms with E-state index in [0.29, 0.717) is 6.42 Å². The topological polar surface area (TPSA) is 75.2 Å². The number of H-pyrrole nitrogens is 1. The molecule has 0 atom stereocenters. The van der Waals surface area contributed by atoms with Crippen LogP contribution in [0.3, 0.4) is 0 Å². The number of methoxy groups -OCH3 is 1. The van der Waals surface area contributed by atoms with E-state index in [-0.39, 0.29) is 6.42 Å². The number of aromatic amines is 1. The Morgan fingerprint density at radius 1 is 1.44 bits per heavy atom. The van der Waals surface area contributed by atoms with Gasteiger partial charge in [0.1, 0.15) is 5.75 Å². The highest BCUT2D eigenvalue weighted by Crippen LogP contribution is 2.30. The van der Waals surface area contributed by atoms with Crippen LogP contribution in [0.4, 0.5) is 0 Å². The minimum Gasteiger partial charge on any atom is -0.496 e. The molecular formula is C13H14N2O3. The number of hydrogen-bond acceptors (Lipinski definition) is 3. The Morgan fingerprint density at radius 3 is 2.94 bits per heavy atom. The van der Waals surface area contributed by atoms with Crippen LogP contribution < -0.4 is 4.74 Å². The van der Waals surface area contributed by atoms with Gasteiger partial charge in [0.05, 0.1) is 19.0 Å². The molecular weight excluding hydrogens is 232 g/mol. The second kappa shape index (κ2) is 5.35. The molecule has 94 valence electrons. The van der Waals surface area contributed by atoms with E-state index in [2.05, 4.69) is 10.2 Å². The number of aliphatic carboxylic acids is 1. The number of ether oxygens (including phenoxy) is 1. The molecule has 2 rings (SSSR count). The van der Waals surface area contributed by atoms with E-state index in [1.54, 1.807) is 13.3 Å². The van der Waals surface area contributed by atoms with Crippen molar-refractivity contribution in [1.82, 2.24) is 10.2 Å². The van der Waals surface area contributed by atoms with E-state index in [1.807, 2.05) is 24.3 Å². The first-order valence-electron chi connectivity index (χ1n) is 5.60. The van der Waals surface area contributed by atoms with E-state index in [1.165, 1.54) is 0 Å². The summed E-state index contributed by atoms with van der Waals surface area (Å²) in [5.74, 6) is -0.0829.